The van der Waals surface area contributed by atoms with E-state index in [4.69, 9.17) is 5.26 Å². The van der Waals surface area contributed by atoms with Crippen LogP contribution in [0.2, 0.25) is 0 Å². The number of hydrogen-bond donors (Lipinski definition) is 2. The molecule has 2 aromatic carbocycles. The lowest BCUT2D eigenvalue weighted by Gasteiger charge is -2.22. The third kappa shape index (κ3) is 3.81. The van der Waals surface area contributed by atoms with Crippen molar-refractivity contribution in [2.45, 2.75) is 18.4 Å². The van der Waals surface area contributed by atoms with Gasteiger partial charge in [-0.05, 0) is 36.2 Å². The SMILES string of the molecule is N#Cc1ccc(N2CC[C@H](NC(=O)[C@@H]3CNC[C@H]3c3ccccc3)C2)cc1. The van der Waals surface area contributed by atoms with E-state index in [1.54, 1.807) is 0 Å². The Hall–Kier alpha value is -2.84. The zero-order chi connectivity index (χ0) is 18.6. The number of carbonyl (C=O) groups excluding carboxylic acids is 1. The molecule has 2 N–H and O–H groups in total. The van der Waals surface area contributed by atoms with E-state index in [1.165, 1.54) is 5.56 Å². The van der Waals surface area contributed by atoms with Crippen LogP contribution < -0.4 is 15.5 Å². The van der Waals surface area contributed by atoms with E-state index < -0.39 is 0 Å². The van der Waals surface area contributed by atoms with Gasteiger partial charge in [0, 0.05) is 43.8 Å². The van der Waals surface area contributed by atoms with Crippen molar-refractivity contribution in [2.75, 3.05) is 31.1 Å². The molecule has 2 aliphatic heterocycles. The largest absolute Gasteiger partial charge is 0.369 e. The predicted molar refractivity (Wildman–Crippen MR) is 105 cm³/mol. The second-order valence-corrected chi connectivity index (χ2v) is 7.38. The molecule has 0 aliphatic carbocycles. The Morgan fingerprint density at radius 1 is 1.11 bits per heavy atom. The molecule has 0 radical (unpaired) electrons. The van der Waals surface area contributed by atoms with E-state index in [2.05, 4.69) is 33.7 Å². The summed E-state index contributed by atoms with van der Waals surface area (Å²) in [4.78, 5) is 15.2. The van der Waals surface area contributed by atoms with Gasteiger partial charge in [0.05, 0.1) is 17.6 Å². The number of amides is 1. The first kappa shape index (κ1) is 17.6. The number of hydrogen-bond acceptors (Lipinski definition) is 4. The van der Waals surface area contributed by atoms with Crippen LogP contribution in [0.25, 0.3) is 0 Å². The molecule has 0 unspecified atom stereocenters. The fourth-order valence-electron chi connectivity index (χ4n) is 4.17. The van der Waals surface area contributed by atoms with E-state index in [9.17, 15) is 4.79 Å². The average molecular weight is 360 g/mol. The van der Waals surface area contributed by atoms with Crippen molar-refractivity contribution in [3.05, 3.63) is 65.7 Å². The third-order valence-electron chi connectivity index (χ3n) is 5.67. The number of nitrogens with one attached hydrogen (secondary N) is 2. The zero-order valence-electron chi connectivity index (χ0n) is 15.3. The van der Waals surface area contributed by atoms with Crippen LogP contribution in [0.1, 0.15) is 23.5 Å². The number of rotatable bonds is 4. The summed E-state index contributed by atoms with van der Waals surface area (Å²) in [5.74, 6) is 0.374. The standard InChI is InChI=1S/C22H24N4O/c23-12-16-6-8-19(9-7-16)26-11-10-18(15-26)25-22(27)21-14-24-13-20(21)17-4-2-1-3-5-17/h1-9,18,20-21,24H,10-11,13-15H2,(H,25,27)/t18-,20-,21+/m0/s1. The maximum Gasteiger partial charge on any atom is 0.225 e. The van der Waals surface area contributed by atoms with Crippen LogP contribution >= 0.6 is 0 Å². The van der Waals surface area contributed by atoms with Gasteiger partial charge in [-0.2, -0.15) is 5.26 Å². The summed E-state index contributed by atoms with van der Waals surface area (Å²) in [6.45, 7) is 3.32. The Morgan fingerprint density at radius 2 is 1.89 bits per heavy atom. The molecule has 2 aromatic rings. The van der Waals surface area contributed by atoms with Gasteiger partial charge in [-0.15, -0.1) is 0 Å². The zero-order valence-corrected chi connectivity index (χ0v) is 15.3. The summed E-state index contributed by atoms with van der Waals surface area (Å²) < 4.78 is 0. The van der Waals surface area contributed by atoms with E-state index >= 15 is 0 Å². The van der Waals surface area contributed by atoms with Crippen molar-refractivity contribution >= 4 is 11.6 Å². The number of anilines is 1. The van der Waals surface area contributed by atoms with E-state index in [0.29, 0.717) is 5.56 Å². The molecule has 0 spiro atoms. The van der Waals surface area contributed by atoms with E-state index in [-0.39, 0.29) is 23.8 Å². The van der Waals surface area contributed by atoms with Gasteiger partial charge in [0.1, 0.15) is 0 Å². The second kappa shape index (κ2) is 7.81. The van der Waals surface area contributed by atoms with Gasteiger partial charge in [-0.1, -0.05) is 30.3 Å². The van der Waals surface area contributed by atoms with E-state index in [1.807, 2.05) is 42.5 Å². The van der Waals surface area contributed by atoms with Crippen molar-refractivity contribution < 1.29 is 4.79 Å². The van der Waals surface area contributed by atoms with Gasteiger partial charge >= 0.3 is 0 Å². The van der Waals surface area contributed by atoms with Gasteiger partial charge < -0.3 is 15.5 Å². The van der Waals surface area contributed by atoms with Gasteiger partial charge in [-0.25, -0.2) is 0 Å². The molecule has 2 heterocycles. The highest BCUT2D eigenvalue weighted by molar-refractivity contribution is 5.81. The molecule has 1 amide bonds. The number of nitrogens with zero attached hydrogens (tertiary/aromatic N) is 2. The first-order valence-electron chi connectivity index (χ1n) is 9.56. The highest BCUT2D eigenvalue weighted by atomic mass is 16.2. The molecular weight excluding hydrogens is 336 g/mol. The van der Waals surface area contributed by atoms with Crippen molar-refractivity contribution in [1.82, 2.24) is 10.6 Å². The van der Waals surface area contributed by atoms with Crippen LogP contribution in [0, 0.1) is 17.2 Å². The minimum atomic E-state index is -0.0173. The highest BCUT2D eigenvalue weighted by Gasteiger charge is 2.35. The van der Waals surface area contributed by atoms with Crippen molar-refractivity contribution in [3.8, 4) is 6.07 Å². The van der Waals surface area contributed by atoms with Gasteiger partial charge in [0.25, 0.3) is 0 Å². The fraction of sp³-hybridized carbons (Fsp3) is 0.364. The van der Waals surface area contributed by atoms with Crippen molar-refractivity contribution in [2.24, 2.45) is 5.92 Å². The van der Waals surface area contributed by atoms with Crippen LogP contribution in [0.15, 0.2) is 54.6 Å². The quantitative estimate of drug-likeness (QED) is 0.878. The number of carbonyl (C=O) groups is 1. The molecule has 0 saturated carbocycles. The molecule has 2 saturated heterocycles. The van der Waals surface area contributed by atoms with Gasteiger partial charge in [-0.3, -0.25) is 4.79 Å². The second-order valence-electron chi connectivity index (χ2n) is 7.38. The fourth-order valence-corrected chi connectivity index (χ4v) is 4.17. The highest BCUT2D eigenvalue weighted by Crippen LogP contribution is 2.29. The maximum atomic E-state index is 12.9. The Bertz CT molecular complexity index is 828. The summed E-state index contributed by atoms with van der Waals surface area (Å²) in [5, 5.41) is 15.6. The first-order chi connectivity index (χ1) is 13.2. The average Bonchev–Trinajstić information content (AvgIpc) is 3.38. The third-order valence-corrected chi connectivity index (χ3v) is 5.67. The molecule has 4 rings (SSSR count). The van der Waals surface area contributed by atoms with Gasteiger partial charge in [0.2, 0.25) is 5.91 Å². The monoisotopic (exact) mass is 360 g/mol. The molecule has 138 valence electrons. The van der Waals surface area contributed by atoms with Crippen molar-refractivity contribution in [3.63, 3.8) is 0 Å². The molecule has 0 aromatic heterocycles. The van der Waals surface area contributed by atoms with Crippen molar-refractivity contribution in [1.29, 1.82) is 5.26 Å². The van der Waals surface area contributed by atoms with E-state index in [0.717, 1.165) is 38.3 Å². The number of nitriles is 1. The summed E-state index contributed by atoms with van der Waals surface area (Å²) >= 11 is 0. The number of benzene rings is 2. The normalized spacial score (nSPS) is 24.6. The van der Waals surface area contributed by atoms with Crippen LogP contribution in [0.3, 0.4) is 0 Å². The van der Waals surface area contributed by atoms with Gasteiger partial charge in [0.15, 0.2) is 0 Å². The Morgan fingerprint density at radius 3 is 2.63 bits per heavy atom. The Labute approximate surface area is 160 Å². The molecule has 0 bridgehead atoms. The summed E-state index contributed by atoms with van der Waals surface area (Å²) in [6.07, 6.45) is 0.946. The maximum absolute atomic E-state index is 12.9. The lowest BCUT2D eigenvalue weighted by molar-refractivity contribution is -0.125. The topological polar surface area (TPSA) is 68.2 Å². The van der Waals surface area contributed by atoms with Crippen LogP contribution in [0.4, 0.5) is 5.69 Å². The lowest BCUT2D eigenvalue weighted by atomic mass is 9.88. The lowest BCUT2D eigenvalue weighted by Crippen LogP contribution is -2.42. The molecular formula is C22H24N4O. The Balaban J connectivity index is 1.36. The summed E-state index contributed by atoms with van der Waals surface area (Å²) in [6, 6.07) is 20.3. The predicted octanol–water partition coefficient (Wildman–Crippen LogP) is 2.26. The van der Waals surface area contributed by atoms with Crippen LogP contribution in [-0.2, 0) is 4.79 Å². The molecule has 3 atom stereocenters. The molecule has 27 heavy (non-hydrogen) atoms. The molecule has 5 heteroatoms. The Kier molecular flexibility index (Phi) is 5.08. The first-order valence-corrected chi connectivity index (χ1v) is 9.56. The van der Waals surface area contributed by atoms with Crippen LogP contribution in [0.5, 0.6) is 0 Å². The smallest absolute Gasteiger partial charge is 0.225 e. The van der Waals surface area contributed by atoms with Crippen LogP contribution in [-0.4, -0.2) is 38.1 Å². The minimum absolute atomic E-state index is 0.0173. The minimum Gasteiger partial charge on any atom is -0.369 e. The summed E-state index contributed by atoms with van der Waals surface area (Å²) in [5.41, 5.74) is 3.01. The molecule has 2 aliphatic rings. The summed E-state index contributed by atoms with van der Waals surface area (Å²) in [7, 11) is 0. The molecule has 5 nitrogen and oxygen atoms in total. The molecule has 2 fully saturated rings.